The molecular formula is C15H14Cl2O4. The van der Waals surface area contributed by atoms with Crippen LogP contribution in [0.15, 0.2) is 36.6 Å². The van der Waals surface area contributed by atoms with Crippen molar-refractivity contribution in [2.45, 2.75) is 11.3 Å². The van der Waals surface area contributed by atoms with Crippen LogP contribution in [0.5, 0.6) is 5.75 Å². The fourth-order valence-corrected chi connectivity index (χ4v) is 2.55. The van der Waals surface area contributed by atoms with Gasteiger partial charge >= 0.3 is 5.97 Å². The number of halogens is 2. The lowest BCUT2D eigenvalue weighted by Gasteiger charge is -2.35. The minimum Gasteiger partial charge on any atom is -0.499 e. The van der Waals surface area contributed by atoms with Gasteiger partial charge in [0.15, 0.2) is 11.0 Å². The second-order valence-corrected chi connectivity index (χ2v) is 5.46. The molecule has 1 aromatic carbocycles. The van der Waals surface area contributed by atoms with Gasteiger partial charge in [0.05, 0.1) is 7.11 Å². The van der Waals surface area contributed by atoms with E-state index in [2.05, 4.69) is 6.58 Å². The molecule has 0 fully saturated rings. The summed E-state index contributed by atoms with van der Waals surface area (Å²) in [5.41, 5.74) is 0.576. The zero-order valence-electron chi connectivity index (χ0n) is 11.6. The van der Waals surface area contributed by atoms with E-state index in [4.69, 9.17) is 37.4 Å². The highest BCUT2D eigenvalue weighted by molar-refractivity contribution is 6.46. The van der Waals surface area contributed by atoms with Gasteiger partial charge in [-0.1, -0.05) is 24.8 Å². The van der Waals surface area contributed by atoms with E-state index in [1.54, 1.807) is 24.3 Å². The molecule has 0 aromatic heterocycles. The largest absolute Gasteiger partial charge is 0.499 e. The molecule has 1 aliphatic rings. The lowest BCUT2D eigenvalue weighted by atomic mass is 9.89. The number of esters is 1. The van der Waals surface area contributed by atoms with Crippen molar-refractivity contribution in [1.29, 1.82) is 0 Å². The van der Waals surface area contributed by atoms with Crippen LogP contribution in [0, 0.1) is 11.5 Å². The van der Waals surface area contributed by atoms with Crippen molar-refractivity contribution in [3.63, 3.8) is 0 Å². The van der Waals surface area contributed by atoms with Gasteiger partial charge in [-0.05, 0) is 6.07 Å². The summed E-state index contributed by atoms with van der Waals surface area (Å²) in [4.78, 5) is 10.7. The number of ether oxygens (including phenoxy) is 3. The van der Waals surface area contributed by atoms with Gasteiger partial charge < -0.3 is 14.2 Å². The molecule has 21 heavy (non-hydrogen) atoms. The van der Waals surface area contributed by atoms with Crippen molar-refractivity contribution >= 4 is 29.2 Å². The Morgan fingerprint density at radius 3 is 2.62 bits per heavy atom. The monoisotopic (exact) mass is 328 g/mol. The number of hydrogen-bond donors (Lipinski definition) is 0. The predicted molar refractivity (Wildman–Crippen MR) is 79.9 cm³/mol. The molecule has 0 bridgehead atoms. The van der Waals surface area contributed by atoms with Gasteiger partial charge in [-0.3, -0.25) is 0 Å². The average molecular weight is 329 g/mol. The molecule has 0 aliphatic carbocycles. The van der Waals surface area contributed by atoms with E-state index in [0.717, 1.165) is 0 Å². The second-order valence-electron chi connectivity index (χ2n) is 4.43. The van der Waals surface area contributed by atoms with Crippen molar-refractivity contribution in [3.8, 4) is 5.75 Å². The van der Waals surface area contributed by atoms with Crippen molar-refractivity contribution < 1.29 is 19.0 Å². The SMILES string of the molecule is C=C(OC)[C](CC1(Cl)[C](Cl)c2ccccc2OC1=O)OC. The topological polar surface area (TPSA) is 44.8 Å². The van der Waals surface area contributed by atoms with Crippen molar-refractivity contribution in [1.82, 2.24) is 0 Å². The Labute approximate surface area is 133 Å². The first-order valence-electron chi connectivity index (χ1n) is 6.10. The van der Waals surface area contributed by atoms with E-state index in [1.165, 1.54) is 14.2 Å². The molecule has 4 nitrogen and oxygen atoms in total. The first kappa shape index (κ1) is 16.1. The molecule has 1 heterocycles. The van der Waals surface area contributed by atoms with Crippen LogP contribution in [0.1, 0.15) is 12.0 Å². The first-order valence-corrected chi connectivity index (χ1v) is 6.86. The Morgan fingerprint density at radius 2 is 2.00 bits per heavy atom. The van der Waals surface area contributed by atoms with E-state index in [-0.39, 0.29) is 17.6 Å². The molecular weight excluding hydrogens is 315 g/mol. The number of hydrogen-bond acceptors (Lipinski definition) is 4. The van der Waals surface area contributed by atoms with Crippen LogP contribution in [-0.2, 0) is 14.3 Å². The van der Waals surface area contributed by atoms with Crippen LogP contribution in [0.3, 0.4) is 0 Å². The summed E-state index contributed by atoms with van der Waals surface area (Å²) in [6, 6.07) is 6.92. The summed E-state index contributed by atoms with van der Waals surface area (Å²) in [7, 11) is 2.89. The predicted octanol–water partition coefficient (Wildman–Crippen LogP) is 3.43. The zero-order valence-corrected chi connectivity index (χ0v) is 13.1. The van der Waals surface area contributed by atoms with Crippen molar-refractivity contribution in [3.05, 3.63) is 53.6 Å². The maximum absolute atomic E-state index is 12.3. The van der Waals surface area contributed by atoms with Gasteiger partial charge in [-0.25, -0.2) is 4.79 Å². The third kappa shape index (κ3) is 2.89. The molecule has 1 aromatic rings. The summed E-state index contributed by atoms with van der Waals surface area (Å²) < 4.78 is 15.5. The first-order chi connectivity index (χ1) is 9.93. The molecule has 2 radical (unpaired) electrons. The van der Waals surface area contributed by atoms with Gasteiger partial charge in [-0.2, -0.15) is 0 Å². The van der Waals surface area contributed by atoms with Crippen LogP contribution in [0.4, 0.5) is 0 Å². The van der Waals surface area contributed by atoms with Crippen molar-refractivity contribution in [2.24, 2.45) is 0 Å². The third-order valence-corrected chi connectivity index (χ3v) is 4.31. The fourth-order valence-electron chi connectivity index (χ4n) is 1.99. The van der Waals surface area contributed by atoms with Gasteiger partial charge in [0.1, 0.15) is 16.9 Å². The molecule has 1 aliphatic heterocycles. The van der Waals surface area contributed by atoms with Gasteiger partial charge in [-0.15, -0.1) is 23.2 Å². The maximum Gasteiger partial charge on any atom is 0.335 e. The third-order valence-electron chi connectivity index (χ3n) is 3.21. The Bertz CT molecular complexity index is 560. The Hall–Kier alpha value is -1.23. The van der Waals surface area contributed by atoms with E-state index in [0.29, 0.717) is 17.4 Å². The smallest absolute Gasteiger partial charge is 0.335 e. The summed E-state index contributed by atoms with van der Waals surface area (Å²) in [6.07, 6.45) is 0.297. The van der Waals surface area contributed by atoms with Crippen LogP contribution >= 0.6 is 23.2 Å². The van der Waals surface area contributed by atoms with Crippen LogP contribution < -0.4 is 4.74 Å². The standard InChI is InChI=1S/C15H14Cl2O4/c1-9(19-2)12(20-3)8-15(17)13(16)10-6-4-5-7-11(10)21-14(15)18/h4-7H,1,8H2,2-3H3. The van der Waals surface area contributed by atoms with Gasteiger partial charge in [0.2, 0.25) is 0 Å². The minimum atomic E-state index is -1.57. The van der Waals surface area contributed by atoms with Crippen LogP contribution in [-0.4, -0.2) is 25.1 Å². The molecule has 2 rings (SSSR count). The number of rotatable bonds is 5. The van der Waals surface area contributed by atoms with Crippen molar-refractivity contribution in [2.75, 3.05) is 14.2 Å². The Kier molecular flexibility index (Phi) is 4.81. The summed E-state index contributed by atoms with van der Waals surface area (Å²) in [5, 5.41) is 0.189. The number of para-hydroxylation sites is 1. The number of carbonyl (C=O) groups excluding carboxylic acids is 1. The summed E-state index contributed by atoms with van der Waals surface area (Å²) in [6.45, 7) is 3.69. The number of alkyl halides is 1. The second kappa shape index (κ2) is 6.26. The molecule has 0 saturated carbocycles. The van der Waals surface area contributed by atoms with Gasteiger partial charge in [0, 0.05) is 19.1 Å². The average Bonchev–Trinajstić information content (AvgIpc) is 2.50. The fraction of sp³-hybridized carbons (Fsp3) is 0.267. The highest BCUT2D eigenvalue weighted by atomic mass is 35.5. The van der Waals surface area contributed by atoms with Crippen LogP contribution in [0.2, 0.25) is 0 Å². The van der Waals surface area contributed by atoms with E-state index >= 15 is 0 Å². The van der Waals surface area contributed by atoms with E-state index in [9.17, 15) is 4.79 Å². The molecule has 0 saturated heterocycles. The Morgan fingerprint density at radius 1 is 1.33 bits per heavy atom. The van der Waals surface area contributed by atoms with E-state index < -0.39 is 10.8 Å². The lowest BCUT2D eigenvalue weighted by molar-refractivity contribution is -0.137. The normalized spacial score (nSPS) is 21.9. The highest BCUT2D eigenvalue weighted by Gasteiger charge is 2.53. The zero-order chi connectivity index (χ0) is 15.6. The summed E-state index contributed by atoms with van der Waals surface area (Å²) >= 11 is 12.8. The highest BCUT2D eigenvalue weighted by Crippen LogP contribution is 2.49. The lowest BCUT2D eigenvalue weighted by Crippen LogP contribution is -2.45. The molecule has 112 valence electrons. The number of carbonyl (C=O) groups is 1. The molecule has 0 N–H and O–H groups in total. The molecule has 1 unspecified atom stereocenters. The molecule has 0 amide bonds. The van der Waals surface area contributed by atoms with E-state index in [1.807, 2.05) is 0 Å². The minimum absolute atomic E-state index is 0.0241. The Balaban J connectivity index is 2.33. The molecule has 6 heteroatoms. The molecule has 1 atom stereocenters. The van der Waals surface area contributed by atoms with Crippen LogP contribution in [0.25, 0.3) is 0 Å². The molecule has 0 spiro atoms. The quantitative estimate of drug-likeness (QED) is 0.359. The number of benzene rings is 1. The van der Waals surface area contributed by atoms with Gasteiger partial charge in [0.25, 0.3) is 0 Å². The maximum atomic E-state index is 12.3. The summed E-state index contributed by atoms with van der Waals surface area (Å²) in [5.74, 6) is -0.00622. The number of methoxy groups -OCH3 is 2. The number of fused-ring (bicyclic) bond motifs is 1.